The van der Waals surface area contributed by atoms with Crippen molar-refractivity contribution in [3.8, 4) is 0 Å². The zero-order valence-electron chi connectivity index (χ0n) is 14.0. The number of esters is 1. The molecule has 0 N–H and O–H groups in total. The van der Waals surface area contributed by atoms with Gasteiger partial charge in [-0.1, -0.05) is 24.3 Å². The molecule has 1 atom stereocenters. The summed E-state index contributed by atoms with van der Waals surface area (Å²) >= 11 is 0. The fraction of sp³-hybridized carbons (Fsp3) is 0.444. The largest absolute Gasteiger partial charge is 0.465 e. The van der Waals surface area contributed by atoms with Crippen molar-refractivity contribution in [3.63, 3.8) is 0 Å². The summed E-state index contributed by atoms with van der Waals surface area (Å²) in [5.74, 6) is -0.375. The second-order valence-electron chi connectivity index (χ2n) is 6.45. The van der Waals surface area contributed by atoms with Crippen LogP contribution in [0.15, 0.2) is 36.4 Å². The van der Waals surface area contributed by atoms with Crippen LogP contribution in [0.5, 0.6) is 0 Å². The molecule has 1 heterocycles. The number of benzene rings is 1. The normalized spacial score (nSPS) is 17.7. The van der Waals surface area contributed by atoms with Crippen LogP contribution in [0.3, 0.4) is 0 Å². The molecule has 1 aliphatic rings. The maximum absolute atomic E-state index is 12.4. The smallest absolute Gasteiger partial charge is 0.411 e. The van der Waals surface area contributed by atoms with Crippen molar-refractivity contribution >= 4 is 12.1 Å². The molecule has 0 unspecified atom stereocenters. The lowest BCUT2D eigenvalue weighted by Crippen LogP contribution is -2.40. The Morgan fingerprint density at radius 1 is 1.17 bits per heavy atom. The summed E-state index contributed by atoms with van der Waals surface area (Å²) in [5, 5.41) is 0. The lowest BCUT2D eigenvalue weighted by atomic mass is 10.0. The van der Waals surface area contributed by atoms with Crippen LogP contribution < -0.4 is 0 Å². The van der Waals surface area contributed by atoms with Crippen molar-refractivity contribution < 1.29 is 19.1 Å². The molecule has 1 aliphatic heterocycles. The Balaban J connectivity index is 2.21. The summed E-state index contributed by atoms with van der Waals surface area (Å²) in [7, 11) is 1.35. The fourth-order valence-corrected chi connectivity index (χ4v) is 2.43. The molecule has 5 nitrogen and oxygen atoms in total. The minimum atomic E-state index is -0.530. The molecule has 0 bridgehead atoms. The van der Waals surface area contributed by atoms with E-state index in [4.69, 9.17) is 9.47 Å². The molecule has 23 heavy (non-hydrogen) atoms. The lowest BCUT2D eigenvalue weighted by Gasteiger charge is -2.34. The van der Waals surface area contributed by atoms with Crippen LogP contribution in [0.4, 0.5) is 4.79 Å². The molecule has 1 aromatic carbocycles. The van der Waals surface area contributed by atoms with Gasteiger partial charge >= 0.3 is 12.1 Å². The van der Waals surface area contributed by atoms with E-state index in [2.05, 4.69) is 6.08 Å². The molecule has 0 fully saturated rings. The molecule has 1 amide bonds. The quantitative estimate of drug-likeness (QED) is 0.616. The number of hydrogen-bond donors (Lipinski definition) is 0. The maximum atomic E-state index is 12.4. The van der Waals surface area contributed by atoms with Gasteiger partial charge < -0.3 is 9.47 Å². The van der Waals surface area contributed by atoms with Gasteiger partial charge in [-0.3, -0.25) is 4.90 Å². The van der Waals surface area contributed by atoms with E-state index in [-0.39, 0.29) is 18.1 Å². The highest BCUT2D eigenvalue weighted by atomic mass is 16.6. The van der Waals surface area contributed by atoms with Gasteiger partial charge in [0.25, 0.3) is 0 Å². The predicted octanol–water partition coefficient (Wildman–Crippen LogP) is 3.71. The molecular weight excluding hydrogens is 294 g/mol. The van der Waals surface area contributed by atoms with Gasteiger partial charge in [0.1, 0.15) is 5.60 Å². The van der Waals surface area contributed by atoms with E-state index in [0.29, 0.717) is 12.1 Å². The van der Waals surface area contributed by atoms with Gasteiger partial charge in [-0.05, 0) is 44.9 Å². The summed E-state index contributed by atoms with van der Waals surface area (Å²) in [6, 6.07) is 6.90. The van der Waals surface area contributed by atoms with Crippen molar-refractivity contribution in [1.29, 1.82) is 0 Å². The zero-order valence-corrected chi connectivity index (χ0v) is 14.0. The fourth-order valence-electron chi connectivity index (χ4n) is 2.43. The van der Waals surface area contributed by atoms with Crippen LogP contribution in [0.1, 0.15) is 49.2 Å². The molecule has 0 saturated heterocycles. The molecule has 0 spiro atoms. The number of amides is 1. The Bertz CT molecular complexity index is 598. The van der Waals surface area contributed by atoms with Crippen LogP contribution in [0.2, 0.25) is 0 Å². The lowest BCUT2D eigenvalue weighted by molar-refractivity contribution is 0.0190. The highest BCUT2D eigenvalue weighted by Gasteiger charge is 2.29. The van der Waals surface area contributed by atoms with E-state index < -0.39 is 5.60 Å². The van der Waals surface area contributed by atoms with Crippen LogP contribution in [0.25, 0.3) is 0 Å². The molecule has 124 valence electrons. The zero-order chi connectivity index (χ0) is 17.0. The van der Waals surface area contributed by atoms with Gasteiger partial charge in [-0.2, -0.15) is 0 Å². The number of carbonyl (C=O) groups excluding carboxylic acids is 2. The standard InChI is InChI=1S/C18H23NO4/c1-18(2,3)23-17(21)19-12-6-5-7-15(19)13-8-10-14(11-9-13)16(20)22-4/h5,7-11,15H,6,12H2,1-4H3/t15-/m0/s1. The summed E-state index contributed by atoms with van der Waals surface area (Å²) in [5.41, 5.74) is 0.886. The highest BCUT2D eigenvalue weighted by molar-refractivity contribution is 5.89. The van der Waals surface area contributed by atoms with Crippen LogP contribution in [-0.4, -0.2) is 36.2 Å². The number of hydrogen-bond acceptors (Lipinski definition) is 4. The summed E-state index contributed by atoms with van der Waals surface area (Å²) in [6.45, 7) is 6.16. The van der Waals surface area contributed by atoms with Crippen molar-refractivity contribution in [2.45, 2.75) is 38.8 Å². The monoisotopic (exact) mass is 317 g/mol. The van der Waals surface area contributed by atoms with Crippen molar-refractivity contribution in [2.24, 2.45) is 0 Å². The molecule has 0 aliphatic carbocycles. The van der Waals surface area contributed by atoms with Crippen LogP contribution >= 0.6 is 0 Å². The van der Waals surface area contributed by atoms with Crippen molar-refractivity contribution in [3.05, 3.63) is 47.5 Å². The molecule has 1 aromatic rings. The van der Waals surface area contributed by atoms with Gasteiger partial charge in [-0.15, -0.1) is 0 Å². The van der Waals surface area contributed by atoms with Crippen LogP contribution in [0, 0.1) is 0 Å². The molecule has 0 aromatic heterocycles. The van der Waals surface area contributed by atoms with Gasteiger partial charge in [0.15, 0.2) is 0 Å². The van der Waals surface area contributed by atoms with Gasteiger partial charge in [0.05, 0.1) is 18.7 Å². The Hall–Kier alpha value is -2.30. The molecule has 0 saturated carbocycles. The second kappa shape index (κ2) is 6.86. The minimum Gasteiger partial charge on any atom is -0.465 e. The highest BCUT2D eigenvalue weighted by Crippen LogP contribution is 2.28. The van der Waals surface area contributed by atoms with E-state index in [1.54, 1.807) is 17.0 Å². The third-order valence-electron chi connectivity index (χ3n) is 3.49. The molecule has 2 rings (SSSR count). The topological polar surface area (TPSA) is 55.8 Å². The van der Waals surface area contributed by atoms with E-state index in [1.807, 2.05) is 39.0 Å². The third kappa shape index (κ3) is 4.34. The summed E-state index contributed by atoms with van der Waals surface area (Å²) in [6.07, 6.45) is 4.51. The number of ether oxygens (including phenoxy) is 2. The van der Waals surface area contributed by atoms with E-state index in [9.17, 15) is 9.59 Å². The van der Waals surface area contributed by atoms with Crippen molar-refractivity contribution in [2.75, 3.05) is 13.7 Å². The SMILES string of the molecule is COC(=O)c1ccc([C@@H]2C=CCCN2C(=O)OC(C)(C)C)cc1. The second-order valence-corrected chi connectivity index (χ2v) is 6.45. The van der Waals surface area contributed by atoms with Gasteiger partial charge in [0.2, 0.25) is 0 Å². The van der Waals surface area contributed by atoms with Gasteiger partial charge in [-0.25, -0.2) is 9.59 Å². The van der Waals surface area contributed by atoms with E-state index >= 15 is 0 Å². The first-order valence-electron chi connectivity index (χ1n) is 7.66. The molecular formula is C18H23NO4. The first-order valence-corrected chi connectivity index (χ1v) is 7.66. The first kappa shape index (κ1) is 17.1. The minimum absolute atomic E-state index is 0.190. The number of rotatable bonds is 2. The number of methoxy groups -OCH3 is 1. The molecule has 0 radical (unpaired) electrons. The average molecular weight is 317 g/mol. The van der Waals surface area contributed by atoms with Gasteiger partial charge in [0, 0.05) is 6.54 Å². The van der Waals surface area contributed by atoms with Crippen molar-refractivity contribution in [1.82, 2.24) is 4.90 Å². The van der Waals surface area contributed by atoms with E-state index in [0.717, 1.165) is 12.0 Å². The average Bonchev–Trinajstić information content (AvgIpc) is 2.52. The van der Waals surface area contributed by atoms with Crippen LogP contribution in [-0.2, 0) is 9.47 Å². The number of nitrogens with zero attached hydrogens (tertiary/aromatic N) is 1. The van der Waals surface area contributed by atoms with E-state index in [1.165, 1.54) is 7.11 Å². The third-order valence-corrected chi connectivity index (χ3v) is 3.49. The predicted molar refractivity (Wildman–Crippen MR) is 87.2 cm³/mol. The Morgan fingerprint density at radius 2 is 1.83 bits per heavy atom. The Labute approximate surface area is 136 Å². The number of carbonyl (C=O) groups is 2. The summed E-state index contributed by atoms with van der Waals surface area (Å²) in [4.78, 5) is 25.6. The molecule has 5 heteroatoms. The maximum Gasteiger partial charge on any atom is 0.411 e. The Kier molecular flexibility index (Phi) is 5.08. The first-order chi connectivity index (χ1) is 10.8. The summed E-state index contributed by atoms with van der Waals surface area (Å²) < 4.78 is 10.2. The Morgan fingerprint density at radius 3 is 2.39 bits per heavy atom.